The normalized spacial score (nSPS) is 14.7. The van der Waals surface area contributed by atoms with Crippen molar-refractivity contribution in [2.75, 3.05) is 31.1 Å². The lowest BCUT2D eigenvalue weighted by molar-refractivity contribution is -0.138. The average molecular weight is 621 g/mol. The summed E-state index contributed by atoms with van der Waals surface area (Å²) in [4.78, 5) is 31.8. The predicted molar refractivity (Wildman–Crippen MR) is 162 cm³/mol. The molecule has 45 heavy (non-hydrogen) atoms. The third-order valence-corrected chi connectivity index (χ3v) is 8.16. The van der Waals surface area contributed by atoms with Crippen LogP contribution in [0.2, 0.25) is 0 Å². The van der Waals surface area contributed by atoms with E-state index >= 15 is 0 Å². The molecule has 12 heteroatoms. The van der Waals surface area contributed by atoms with E-state index in [1.807, 2.05) is 23.1 Å². The second-order valence-corrected chi connectivity index (χ2v) is 11.1. The van der Waals surface area contributed by atoms with E-state index in [-0.39, 0.29) is 17.9 Å². The summed E-state index contributed by atoms with van der Waals surface area (Å²) >= 11 is 0. The molecule has 1 aliphatic heterocycles. The van der Waals surface area contributed by atoms with E-state index in [1.54, 1.807) is 36.4 Å². The number of halogens is 4. The highest BCUT2D eigenvalue weighted by Crippen LogP contribution is 2.33. The minimum Gasteiger partial charge on any atom is -0.363 e. The van der Waals surface area contributed by atoms with E-state index < -0.39 is 47.0 Å². The van der Waals surface area contributed by atoms with Gasteiger partial charge in [-0.05, 0) is 42.3 Å². The van der Waals surface area contributed by atoms with Crippen molar-refractivity contribution in [3.63, 3.8) is 0 Å². The third-order valence-electron chi connectivity index (χ3n) is 8.16. The van der Waals surface area contributed by atoms with Crippen LogP contribution in [0, 0.1) is 24.1 Å². The topological polar surface area (TPSA) is 100 Å². The first-order valence-electron chi connectivity index (χ1n) is 14.4. The van der Waals surface area contributed by atoms with Crippen molar-refractivity contribution < 1.29 is 17.6 Å². The zero-order chi connectivity index (χ0) is 32.3. The van der Waals surface area contributed by atoms with Gasteiger partial charge in [-0.2, -0.15) is 18.4 Å². The van der Waals surface area contributed by atoms with Crippen LogP contribution in [0.3, 0.4) is 0 Å². The fraction of sp³-hybridized carbons (Fsp3) is 0.303. The Labute approximate surface area is 257 Å². The van der Waals surface area contributed by atoms with Gasteiger partial charge < -0.3 is 10.6 Å². The maximum Gasteiger partial charge on any atom is 0.416 e. The van der Waals surface area contributed by atoms with Gasteiger partial charge >= 0.3 is 11.9 Å². The summed E-state index contributed by atoms with van der Waals surface area (Å²) in [6, 6.07) is 20.2. The summed E-state index contributed by atoms with van der Waals surface area (Å²) in [5.74, 6) is -1.11. The lowest BCUT2D eigenvalue weighted by Gasteiger charge is -2.37. The Kier molecular flexibility index (Phi) is 9.22. The van der Waals surface area contributed by atoms with Gasteiger partial charge in [0.25, 0.3) is 5.56 Å². The quantitative estimate of drug-likeness (QED) is 0.293. The molecule has 8 nitrogen and oxygen atoms in total. The monoisotopic (exact) mass is 620 g/mol. The highest BCUT2D eigenvalue weighted by atomic mass is 19.4. The number of aromatic nitrogens is 2. The number of benzene rings is 3. The number of anilines is 1. The SMILES string of the molecule is Cc1c(N2CCN(Cc3cccc(C#N)c3)CC2)c(=O)n(C[C@H](N)c2ccccc2)c(=O)n1Cc1c(F)cccc1C(F)(F)F. The van der Waals surface area contributed by atoms with Crippen molar-refractivity contribution in [2.45, 2.75) is 38.8 Å². The van der Waals surface area contributed by atoms with E-state index in [4.69, 9.17) is 5.73 Å². The van der Waals surface area contributed by atoms with Crippen molar-refractivity contribution in [3.05, 3.63) is 133 Å². The Morgan fingerprint density at radius 1 is 0.911 bits per heavy atom. The Balaban J connectivity index is 1.53. The first-order chi connectivity index (χ1) is 21.5. The molecule has 1 saturated heterocycles. The van der Waals surface area contributed by atoms with Crippen molar-refractivity contribution in [2.24, 2.45) is 5.73 Å². The number of nitrogens with zero attached hydrogens (tertiary/aromatic N) is 5. The molecule has 2 heterocycles. The lowest BCUT2D eigenvalue weighted by atomic mass is 10.1. The molecule has 0 spiro atoms. The van der Waals surface area contributed by atoms with E-state index in [0.717, 1.165) is 32.9 Å². The molecular weight excluding hydrogens is 588 g/mol. The molecule has 1 fully saturated rings. The number of nitrogens with two attached hydrogens (primary N) is 1. The van der Waals surface area contributed by atoms with E-state index in [0.29, 0.717) is 43.9 Å². The summed E-state index contributed by atoms with van der Waals surface area (Å²) in [7, 11) is 0. The second-order valence-electron chi connectivity index (χ2n) is 11.1. The van der Waals surface area contributed by atoms with E-state index in [9.17, 15) is 32.4 Å². The zero-order valence-electron chi connectivity index (χ0n) is 24.6. The van der Waals surface area contributed by atoms with Crippen LogP contribution in [-0.4, -0.2) is 40.2 Å². The number of alkyl halides is 3. The average Bonchev–Trinajstić information content (AvgIpc) is 3.02. The molecule has 0 aliphatic carbocycles. The smallest absolute Gasteiger partial charge is 0.363 e. The second kappa shape index (κ2) is 13.1. The van der Waals surface area contributed by atoms with Gasteiger partial charge in [0.05, 0.1) is 30.3 Å². The van der Waals surface area contributed by atoms with Crippen LogP contribution in [0.25, 0.3) is 0 Å². The molecule has 4 aromatic rings. The fourth-order valence-corrected chi connectivity index (χ4v) is 5.77. The standard InChI is InChI=1S/C33H32F4N6O2/c1-22-30(41-15-13-40(14-16-41)19-24-8-5-7-23(17-24)18-38)31(44)43(21-29(39)25-9-3-2-4-10-25)32(45)42(22)20-26-27(33(35,36)37)11-6-12-28(26)34/h2-12,17,29H,13-16,19-21,39H2,1H3/t29-/m0/s1. The van der Waals surface area contributed by atoms with Crippen LogP contribution in [0.4, 0.5) is 23.2 Å². The van der Waals surface area contributed by atoms with Gasteiger partial charge in [0, 0.05) is 50.0 Å². The van der Waals surface area contributed by atoms with Crippen LogP contribution < -0.4 is 21.9 Å². The van der Waals surface area contributed by atoms with Crippen molar-refractivity contribution in [1.29, 1.82) is 5.26 Å². The zero-order valence-corrected chi connectivity index (χ0v) is 24.6. The molecular formula is C33H32F4N6O2. The molecule has 1 aliphatic rings. The molecule has 0 amide bonds. The summed E-state index contributed by atoms with van der Waals surface area (Å²) in [5.41, 5.74) is 5.51. The largest absolute Gasteiger partial charge is 0.416 e. The molecule has 1 aromatic heterocycles. The molecule has 0 saturated carbocycles. The van der Waals surface area contributed by atoms with Crippen molar-refractivity contribution in [3.8, 4) is 6.07 Å². The minimum atomic E-state index is -4.86. The van der Waals surface area contributed by atoms with Gasteiger partial charge in [-0.15, -0.1) is 0 Å². The van der Waals surface area contributed by atoms with Crippen LogP contribution in [-0.2, 0) is 25.8 Å². The number of nitriles is 1. The van der Waals surface area contributed by atoms with Gasteiger partial charge in [0.15, 0.2) is 0 Å². The number of hydrogen-bond acceptors (Lipinski definition) is 6. The predicted octanol–water partition coefficient (Wildman–Crippen LogP) is 4.42. The van der Waals surface area contributed by atoms with E-state index in [2.05, 4.69) is 11.0 Å². The van der Waals surface area contributed by atoms with Crippen LogP contribution >= 0.6 is 0 Å². The molecule has 0 bridgehead atoms. The minimum absolute atomic E-state index is 0.140. The van der Waals surface area contributed by atoms with E-state index in [1.165, 1.54) is 6.92 Å². The molecule has 234 valence electrons. The van der Waals surface area contributed by atoms with Gasteiger partial charge in [0.1, 0.15) is 11.5 Å². The Morgan fingerprint density at radius 2 is 1.60 bits per heavy atom. The number of piperazine rings is 1. The fourth-order valence-electron chi connectivity index (χ4n) is 5.77. The summed E-state index contributed by atoms with van der Waals surface area (Å²) in [6.07, 6.45) is -4.86. The van der Waals surface area contributed by atoms with Crippen LogP contribution in [0.15, 0.2) is 82.4 Å². The third kappa shape index (κ3) is 6.84. The Bertz CT molecular complexity index is 1840. The molecule has 2 N–H and O–H groups in total. The maximum absolute atomic E-state index is 14.9. The summed E-state index contributed by atoms with van der Waals surface area (Å²) in [6.45, 7) is 3.00. The Morgan fingerprint density at radius 3 is 2.27 bits per heavy atom. The van der Waals surface area contributed by atoms with Gasteiger partial charge in [-0.3, -0.25) is 18.8 Å². The molecule has 0 radical (unpaired) electrons. The maximum atomic E-state index is 14.9. The first-order valence-corrected chi connectivity index (χ1v) is 14.4. The first kappa shape index (κ1) is 31.7. The van der Waals surface area contributed by atoms with Crippen molar-refractivity contribution in [1.82, 2.24) is 14.0 Å². The van der Waals surface area contributed by atoms with Crippen molar-refractivity contribution >= 4 is 5.69 Å². The highest BCUT2D eigenvalue weighted by molar-refractivity contribution is 5.50. The highest BCUT2D eigenvalue weighted by Gasteiger charge is 2.35. The molecule has 5 rings (SSSR count). The summed E-state index contributed by atoms with van der Waals surface area (Å²) in [5, 5.41) is 9.22. The summed E-state index contributed by atoms with van der Waals surface area (Å²) < 4.78 is 58.6. The van der Waals surface area contributed by atoms with Gasteiger partial charge in [-0.1, -0.05) is 48.5 Å². The molecule has 0 unspecified atom stereocenters. The van der Waals surface area contributed by atoms with Gasteiger partial charge in [-0.25, -0.2) is 9.18 Å². The molecule has 3 aromatic carbocycles. The lowest BCUT2D eigenvalue weighted by Crippen LogP contribution is -2.51. The van der Waals surface area contributed by atoms with Crippen LogP contribution in [0.1, 0.15) is 39.6 Å². The Hall–Kier alpha value is -4.73. The van der Waals surface area contributed by atoms with Gasteiger partial charge in [0.2, 0.25) is 0 Å². The molecule has 1 atom stereocenters. The van der Waals surface area contributed by atoms with Crippen LogP contribution in [0.5, 0.6) is 0 Å². The number of hydrogen-bond donors (Lipinski definition) is 1. The number of rotatable bonds is 8.